The van der Waals surface area contributed by atoms with Crippen molar-refractivity contribution in [2.45, 2.75) is 4.90 Å². The number of amidine groups is 1. The lowest BCUT2D eigenvalue weighted by Crippen LogP contribution is -2.30. The van der Waals surface area contributed by atoms with Crippen molar-refractivity contribution in [1.29, 1.82) is 5.41 Å². The van der Waals surface area contributed by atoms with Gasteiger partial charge in [0.25, 0.3) is 21.4 Å². The molecule has 0 saturated carbocycles. The Kier molecular flexibility index (Phi) is 7.26. The number of non-ortho nitro benzene ring substituents is 2. The molecule has 0 amide bonds. The van der Waals surface area contributed by atoms with Crippen LogP contribution >= 0.6 is 34.8 Å². The van der Waals surface area contributed by atoms with E-state index in [9.17, 15) is 28.6 Å². The predicted octanol–water partition coefficient (Wildman–Crippen LogP) is 5.56. The average Bonchev–Trinajstić information content (AvgIpc) is 2.76. The fraction of sp³-hybridized carbons (Fsp3) is 0. The molecule has 0 bridgehead atoms. The van der Waals surface area contributed by atoms with Gasteiger partial charge in [0.1, 0.15) is 11.6 Å². The van der Waals surface area contributed by atoms with E-state index in [1.165, 1.54) is 24.3 Å². The van der Waals surface area contributed by atoms with Crippen molar-refractivity contribution in [2.24, 2.45) is 0 Å². The van der Waals surface area contributed by atoms with Gasteiger partial charge in [0.05, 0.1) is 29.8 Å². The van der Waals surface area contributed by atoms with Gasteiger partial charge in [-0.2, -0.15) is 0 Å². The Morgan fingerprint density at radius 2 is 1.47 bits per heavy atom. The van der Waals surface area contributed by atoms with Gasteiger partial charge in [-0.3, -0.25) is 30.4 Å². The van der Waals surface area contributed by atoms with Gasteiger partial charge in [0, 0.05) is 29.8 Å². The van der Waals surface area contributed by atoms with Crippen LogP contribution in [0.1, 0.15) is 5.56 Å². The summed E-state index contributed by atoms with van der Waals surface area (Å²) in [6.45, 7) is 0. The van der Waals surface area contributed by atoms with Crippen molar-refractivity contribution in [3.63, 3.8) is 0 Å². The van der Waals surface area contributed by atoms with E-state index in [4.69, 9.17) is 44.9 Å². The van der Waals surface area contributed by atoms with E-state index in [1.807, 2.05) is 4.72 Å². The largest absolute Gasteiger partial charge is 0.453 e. The van der Waals surface area contributed by atoms with Crippen molar-refractivity contribution in [1.82, 2.24) is 4.72 Å². The van der Waals surface area contributed by atoms with Crippen LogP contribution in [0.5, 0.6) is 11.5 Å². The van der Waals surface area contributed by atoms with Crippen molar-refractivity contribution >= 4 is 62.0 Å². The molecule has 0 aliphatic heterocycles. The molecule has 0 atom stereocenters. The van der Waals surface area contributed by atoms with Crippen LogP contribution in [-0.2, 0) is 10.0 Å². The van der Waals surface area contributed by atoms with E-state index in [0.717, 1.165) is 30.3 Å². The molecule has 176 valence electrons. The van der Waals surface area contributed by atoms with Crippen molar-refractivity contribution in [3.05, 3.63) is 95.5 Å². The zero-order chi connectivity index (χ0) is 25.2. The molecule has 34 heavy (non-hydrogen) atoms. The zero-order valence-electron chi connectivity index (χ0n) is 16.5. The molecule has 0 unspecified atom stereocenters. The molecule has 3 aromatic carbocycles. The molecule has 0 aromatic heterocycles. The number of rotatable bonds is 7. The van der Waals surface area contributed by atoms with E-state index in [2.05, 4.69) is 0 Å². The first kappa shape index (κ1) is 25.2. The van der Waals surface area contributed by atoms with Gasteiger partial charge in [-0.1, -0.05) is 46.9 Å². The third-order valence-corrected chi connectivity index (χ3v) is 6.39. The summed E-state index contributed by atoms with van der Waals surface area (Å²) >= 11 is 18.3. The summed E-state index contributed by atoms with van der Waals surface area (Å²) in [6.07, 6.45) is 0. The SMILES string of the molecule is N=C(NS(=O)(=O)c1cc(Cl)c(Oc2ccc([N+](=O)[O-])cc2Cl)c(Cl)c1)c1cccc([N+](=O)[O-])c1. The minimum absolute atomic E-state index is 0.0164. The summed E-state index contributed by atoms with van der Waals surface area (Å²) < 4.78 is 33.0. The first-order valence-electron chi connectivity index (χ1n) is 8.86. The molecule has 0 aliphatic rings. The lowest BCUT2D eigenvalue weighted by atomic mass is 10.2. The molecular weight excluding hydrogens is 535 g/mol. The maximum atomic E-state index is 12.7. The molecule has 0 radical (unpaired) electrons. The summed E-state index contributed by atoms with van der Waals surface area (Å²) in [5, 5.41) is 29.1. The van der Waals surface area contributed by atoms with E-state index in [-0.39, 0.29) is 43.5 Å². The van der Waals surface area contributed by atoms with E-state index in [0.29, 0.717) is 0 Å². The number of hydrogen-bond acceptors (Lipinski definition) is 8. The molecule has 0 heterocycles. The molecular formula is C19H11Cl3N4O7S. The topological polar surface area (TPSA) is 166 Å². The Labute approximate surface area is 206 Å². The highest BCUT2D eigenvalue weighted by molar-refractivity contribution is 7.90. The molecule has 11 nitrogen and oxygen atoms in total. The van der Waals surface area contributed by atoms with Crippen LogP contribution in [0.4, 0.5) is 11.4 Å². The maximum absolute atomic E-state index is 12.7. The third-order valence-electron chi connectivity index (χ3n) is 4.20. The first-order chi connectivity index (χ1) is 15.9. The van der Waals surface area contributed by atoms with Crippen LogP contribution in [0.15, 0.2) is 59.5 Å². The summed E-state index contributed by atoms with van der Waals surface area (Å²) in [6, 6.07) is 10.3. The fourth-order valence-electron chi connectivity index (χ4n) is 2.61. The van der Waals surface area contributed by atoms with Crippen LogP contribution in [0.25, 0.3) is 0 Å². The van der Waals surface area contributed by atoms with Crippen molar-refractivity contribution in [3.8, 4) is 11.5 Å². The molecule has 15 heteroatoms. The summed E-state index contributed by atoms with van der Waals surface area (Å²) in [5.74, 6) is -0.794. The van der Waals surface area contributed by atoms with Crippen LogP contribution in [-0.4, -0.2) is 24.1 Å². The normalized spacial score (nSPS) is 11.0. The van der Waals surface area contributed by atoms with Crippen LogP contribution in [0.2, 0.25) is 15.1 Å². The Hall–Kier alpha value is -3.45. The second-order valence-electron chi connectivity index (χ2n) is 6.48. The van der Waals surface area contributed by atoms with Crippen LogP contribution in [0.3, 0.4) is 0 Å². The summed E-state index contributed by atoms with van der Waals surface area (Å²) in [7, 11) is -4.37. The van der Waals surface area contributed by atoms with Gasteiger partial charge < -0.3 is 4.74 Å². The maximum Gasteiger partial charge on any atom is 0.271 e. The van der Waals surface area contributed by atoms with Gasteiger partial charge in [-0.15, -0.1) is 0 Å². The monoisotopic (exact) mass is 544 g/mol. The number of nitro groups is 2. The Bertz CT molecular complexity index is 1420. The molecule has 3 rings (SSSR count). The predicted molar refractivity (Wildman–Crippen MR) is 125 cm³/mol. The smallest absolute Gasteiger partial charge is 0.271 e. The van der Waals surface area contributed by atoms with Gasteiger partial charge in [-0.05, 0) is 18.2 Å². The average molecular weight is 546 g/mol. The molecule has 0 fully saturated rings. The Morgan fingerprint density at radius 3 is 2.03 bits per heavy atom. The van der Waals surface area contributed by atoms with Crippen molar-refractivity contribution < 1.29 is 23.0 Å². The second kappa shape index (κ2) is 9.81. The molecule has 3 aromatic rings. The number of sulfonamides is 1. The van der Waals surface area contributed by atoms with Crippen molar-refractivity contribution in [2.75, 3.05) is 0 Å². The van der Waals surface area contributed by atoms with Gasteiger partial charge in [0.15, 0.2) is 5.75 Å². The lowest BCUT2D eigenvalue weighted by molar-refractivity contribution is -0.385. The minimum Gasteiger partial charge on any atom is -0.453 e. The number of hydrogen-bond donors (Lipinski definition) is 2. The molecule has 0 aliphatic carbocycles. The van der Waals surface area contributed by atoms with Gasteiger partial charge in [0.2, 0.25) is 0 Å². The molecule has 0 saturated heterocycles. The number of nitrogens with one attached hydrogen (secondary N) is 2. The lowest BCUT2D eigenvalue weighted by Gasteiger charge is -2.14. The van der Waals surface area contributed by atoms with Crippen LogP contribution in [0, 0.1) is 25.6 Å². The van der Waals surface area contributed by atoms with E-state index >= 15 is 0 Å². The second-order valence-corrected chi connectivity index (χ2v) is 9.38. The highest BCUT2D eigenvalue weighted by atomic mass is 35.5. The number of ether oxygens (including phenoxy) is 1. The Balaban J connectivity index is 1.87. The molecule has 2 N–H and O–H groups in total. The Morgan fingerprint density at radius 1 is 0.882 bits per heavy atom. The number of nitrogens with zero attached hydrogens (tertiary/aromatic N) is 2. The standard InChI is InChI=1S/C19H11Cl3N4O7S/c20-14-7-12(26(29)30)4-5-17(14)33-18-15(21)8-13(9-16(18)22)34(31,32)24-19(23)10-2-1-3-11(6-10)25(27)28/h1-9H,(H2,23,24). The van der Waals surface area contributed by atoms with Gasteiger partial charge in [-0.25, -0.2) is 8.42 Å². The summed E-state index contributed by atoms with van der Waals surface area (Å²) in [5.41, 5.74) is -0.630. The zero-order valence-corrected chi connectivity index (χ0v) is 19.6. The number of halogens is 3. The first-order valence-corrected chi connectivity index (χ1v) is 11.5. The highest BCUT2D eigenvalue weighted by Gasteiger charge is 2.22. The van der Waals surface area contributed by atoms with E-state index < -0.39 is 30.6 Å². The molecule has 0 spiro atoms. The van der Waals surface area contributed by atoms with E-state index in [1.54, 1.807) is 0 Å². The summed E-state index contributed by atoms with van der Waals surface area (Å²) in [4.78, 5) is 20.0. The minimum atomic E-state index is -4.37. The number of benzene rings is 3. The fourth-order valence-corrected chi connectivity index (χ4v) is 4.57. The third kappa shape index (κ3) is 5.54. The van der Waals surface area contributed by atoms with Crippen LogP contribution < -0.4 is 9.46 Å². The highest BCUT2D eigenvalue weighted by Crippen LogP contribution is 2.41. The van der Waals surface area contributed by atoms with Gasteiger partial charge >= 0.3 is 0 Å². The quantitative estimate of drug-likeness (QED) is 0.170. The number of nitro benzene ring substituents is 2.